The highest BCUT2D eigenvalue weighted by Crippen LogP contribution is 2.27. The van der Waals surface area contributed by atoms with Gasteiger partial charge in [0.1, 0.15) is 5.82 Å². The van der Waals surface area contributed by atoms with Crippen molar-refractivity contribution in [3.8, 4) is 5.82 Å². The fourth-order valence-corrected chi connectivity index (χ4v) is 4.19. The average Bonchev–Trinajstić information content (AvgIpc) is 3.22. The Hall–Kier alpha value is -2.64. The Morgan fingerprint density at radius 3 is 2.65 bits per heavy atom. The minimum atomic E-state index is -0.0149. The maximum absolute atomic E-state index is 12.7. The van der Waals surface area contributed by atoms with Crippen molar-refractivity contribution in [2.75, 3.05) is 6.26 Å². The molecular weight excluding hydrogens is 364 g/mol. The van der Waals surface area contributed by atoms with Crippen molar-refractivity contribution >= 4 is 39.9 Å². The minimum absolute atomic E-state index is 0.0149. The zero-order valence-corrected chi connectivity index (χ0v) is 15.7. The third-order valence-corrected chi connectivity index (χ3v) is 5.55. The summed E-state index contributed by atoms with van der Waals surface area (Å²) in [5.41, 5.74) is 2.52. The molecule has 0 atom stereocenters. The highest BCUT2D eigenvalue weighted by atomic mass is 32.2. The number of Topliss-reactive ketones (excluding diaryl/α,β-unsaturated/α-hetero) is 1. The molecule has 5 nitrogen and oxygen atoms in total. The van der Waals surface area contributed by atoms with Gasteiger partial charge in [0, 0.05) is 10.9 Å². The SMILES string of the molecule is CSc1nc2ccccc2n1-c1csc(=N)n1CC(=O)c1ccccc1. The van der Waals surface area contributed by atoms with E-state index in [2.05, 4.69) is 4.98 Å². The van der Waals surface area contributed by atoms with Crippen molar-refractivity contribution in [1.82, 2.24) is 14.1 Å². The van der Waals surface area contributed by atoms with Crippen LogP contribution in [-0.2, 0) is 6.54 Å². The summed E-state index contributed by atoms with van der Waals surface area (Å²) in [7, 11) is 0. The number of aromatic nitrogens is 3. The highest BCUT2D eigenvalue weighted by Gasteiger charge is 2.17. The Kier molecular flexibility index (Phi) is 4.48. The number of nitrogens with zero attached hydrogens (tertiary/aromatic N) is 3. The van der Waals surface area contributed by atoms with E-state index in [1.54, 1.807) is 28.5 Å². The van der Waals surface area contributed by atoms with Gasteiger partial charge < -0.3 is 0 Å². The molecule has 0 aliphatic rings. The van der Waals surface area contributed by atoms with Crippen LogP contribution in [0.2, 0.25) is 0 Å². The molecule has 4 aromatic rings. The van der Waals surface area contributed by atoms with Crippen LogP contribution < -0.4 is 4.80 Å². The number of thioether (sulfide) groups is 1. The summed E-state index contributed by atoms with van der Waals surface area (Å²) in [6.07, 6.45) is 1.98. The van der Waals surface area contributed by atoms with Crippen LogP contribution in [-0.4, -0.2) is 26.2 Å². The molecular formula is C19H16N4OS2. The molecule has 0 spiro atoms. The maximum atomic E-state index is 12.7. The lowest BCUT2D eigenvalue weighted by atomic mass is 10.1. The normalized spacial score (nSPS) is 11.1. The van der Waals surface area contributed by atoms with Crippen LogP contribution in [0.5, 0.6) is 0 Å². The van der Waals surface area contributed by atoms with E-state index in [4.69, 9.17) is 5.41 Å². The Bertz CT molecular complexity index is 1140. The number of thiazole rings is 1. The van der Waals surface area contributed by atoms with E-state index >= 15 is 0 Å². The molecule has 0 fully saturated rings. The van der Waals surface area contributed by atoms with Crippen LogP contribution in [0.15, 0.2) is 65.1 Å². The van der Waals surface area contributed by atoms with Gasteiger partial charge in [-0.05, 0) is 18.4 Å². The zero-order chi connectivity index (χ0) is 18.1. The third kappa shape index (κ3) is 2.89. The molecule has 2 heterocycles. The number of hydrogen-bond acceptors (Lipinski definition) is 5. The summed E-state index contributed by atoms with van der Waals surface area (Å²) in [5, 5.41) is 11.0. The average molecular weight is 380 g/mol. The van der Waals surface area contributed by atoms with E-state index in [0.717, 1.165) is 22.0 Å². The fourth-order valence-electron chi connectivity index (χ4n) is 2.89. The largest absolute Gasteiger partial charge is 0.295 e. The fraction of sp³-hybridized carbons (Fsp3) is 0.105. The molecule has 0 aliphatic heterocycles. The molecule has 130 valence electrons. The summed E-state index contributed by atoms with van der Waals surface area (Å²) in [4.78, 5) is 17.7. The topological polar surface area (TPSA) is 63.7 Å². The second kappa shape index (κ2) is 6.93. The van der Waals surface area contributed by atoms with E-state index in [9.17, 15) is 4.79 Å². The molecule has 0 unspecified atom stereocenters. The van der Waals surface area contributed by atoms with Gasteiger partial charge in [-0.15, -0.1) is 11.3 Å². The van der Waals surface area contributed by atoms with Crippen LogP contribution in [0.1, 0.15) is 10.4 Å². The smallest absolute Gasteiger partial charge is 0.183 e. The highest BCUT2D eigenvalue weighted by molar-refractivity contribution is 7.98. The summed E-state index contributed by atoms with van der Waals surface area (Å²) in [5.74, 6) is 0.779. The maximum Gasteiger partial charge on any atom is 0.183 e. The predicted octanol–water partition coefficient (Wildman–Crippen LogP) is 3.97. The van der Waals surface area contributed by atoms with Gasteiger partial charge in [0.25, 0.3) is 0 Å². The first kappa shape index (κ1) is 16.8. The number of ketones is 1. The first-order valence-corrected chi connectivity index (χ1v) is 10.1. The number of carbonyl (C=O) groups excluding carboxylic acids is 1. The number of rotatable bonds is 5. The second-order valence-electron chi connectivity index (χ2n) is 5.70. The van der Waals surface area contributed by atoms with E-state index < -0.39 is 0 Å². The number of nitrogens with one attached hydrogen (secondary N) is 1. The van der Waals surface area contributed by atoms with Crippen molar-refractivity contribution < 1.29 is 4.79 Å². The Morgan fingerprint density at radius 2 is 1.88 bits per heavy atom. The van der Waals surface area contributed by atoms with Gasteiger partial charge in [0.15, 0.2) is 15.7 Å². The van der Waals surface area contributed by atoms with E-state index in [1.807, 2.05) is 58.7 Å². The number of benzene rings is 2. The monoisotopic (exact) mass is 380 g/mol. The summed E-state index contributed by atoms with van der Waals surface area (Å²) in [6, 6.07) is 17.1. The molecule has 0 amide bonds. The van der Waals surface area contributed by atoms with Crippen LogP contribution in [0, 0.1) is 5.41 Å². The quantitative estimate of drug-likeness (QED) is 0.421. The minimum Gasteiger partial charge on any atom is -0.295 e. The number of carbonyl (C=O) groups is 1. The molecule has 0 bridgehead atoms. The molecule has 0 saturated carbocycles. The molecule has 7 heteroatoms. The van der Waals surface area contributed by atoms with Crippen molar-refractivity contribution in [2.24, 2.45) is 0 Å². The van der Waals surface area contributed by atoms with Crippen molar-refractivity contribution in [3.63, 3.8) is 0 Å². The summed E-state index contributed by atoms with van der Waals surface area (Å²) in [6.45, 7) is 0.127. The summed E-state index contributed by atoms with van der Waals surface area (Å²) < 4.78 is 3.76. The molecule has 26 heavy (non-hydrogen) atoms. The van der Waals surface area contributed by atoms with Gasteiger partial charge >= 0.3 is 0 Å². The standard InChI is InChI=1S/C19H16N4OS2/c1-25-19-21-14-9-5-6-10-15(14)23(19)17-12-26-18(20)22(17)11-16(24)13-7-3-2-4-8-13/h2-10,12,20H,11H2,1H3. The number of hydrogen-bond donors (Lipinski definition) is 1. The lowest BCUT2D eigenvalue weighted by Gasteiger charge is -2.11. The molecule has 0 aliphatic carbocycles. The number of imidazole rings is 1. The Labute approximate surface area is 158 Å². The second-order valence-corrected chi connectivity index (χ2v) is 7.33. The molecule has 1 N–H and O–H groups in total. The van der Waals surface area contributed by atoms with Gasteiger partial charge in [-0.2, -0.15) is 0 Å². The number of fused-ring (bicyclic) bond motifs is 1. The summed E-state index contributed by atoms with van der Waals surface area (Å²) >= 11 is 2.86. The number of para-hydroxylation sites is 2. The van der Waals surface area contributed by atoms with Crippen LogP contribution in [0.3, 0.4) is 0 Å². The lowest BCUT2D eigenvalue weighted by molar-refractivity contribution is 0.0970. The third-order valence-electron chi connectivity index (χ3n) is 4.14. The Balaban J connectivity index is 1.83. The molecule has 2 aromatic carbocycles. The molecule has 4 rings (SSSR count). The molecule has 0 saturated heterocycles. The lowest BCUT2D eigenvalue weighted by Crippen LogP contribution is -2.22. The van der Waals surface area contributed by atoms with Gasteiger partial charge in [-0.25, -0.2) is 4.98 Å². The first-order valence-electron chi connectivity index (χ1n) is 8.02. The Morgan fingerprint density at radius 1 is 1.15 bits per heavy atom. The van der Waals surface area contributed by atoms with Gasteiger partial charge in [0.2, 0.25) is 0 Å². The van der Waals surface area contributed by atoms with E-state index in [-0.39, 0.29) is 12.3 Å². The van der Waals surface area contributed by atoms with Crippen LogP contribution in [0.25, 0.3) is 16.9 Å². The zero-order valence-electron chi connectivity index (χ0n) is 14.0. The first-order chi connectivity index (χ1) is 12.7. The van der Waals surface area contributed by atoms with Crippen molar-refractivity contribution in [3.05, 3.63) is 70.3 Å². The van der Waals surface area contributed by atoms with Crippen molar-refractivity contribution in [2.45, 2.75) is 11.7 Å². The van der Waals surface area contributed by atoms with Gasteiger partial charge in [0.05, 0.1) is 17.6 Å². The van der Waals surface area contributed by atoms with Gasteiger partial charge in [-0.1, -0.05) is 54.2 Å². The van der Waals surface area contributed by atoms with E-state index in [1.165, 1.54) is 11.3 Å². The van der Waals surface area contributed by atoms with Crippen LogP contribution >= 0.6 is 23.1 Å². The van der Waals surface area contributed by atoms with Crippen LogP contribution in [0.4, 0.5) is 0 Å². The van der Waals surface area contributed by atoms with E-state index in [0.29, 0.717) is 10.4 Å². The molecule has 2 aromatic heterocycles. The molecule has 0 radical (unpaired) electrons. The van der Waals surface area contributed by atoms with Gasteiger partial charge in [-0.3, -0.25) is 19.3 Å². The predicted molar refractivity (Wildman–Crippen MR) is 105 cm³/mol. The van der Waals surface area contributed by atoms with Crippen molar-refractivity contribution in [1.29, 1.82) is 5.41 Å².